The van der Waals surface area contributed by atoms with Crippen molar-refractivity contribution in [2.24, 2.45) is 0 Å². The minimum atomic E-state index is -0.0624. The molecule has 1 amide bonds. The summed E-state index contributed by atoms with van der Waals surface area (Å²) < 4.78 is 5.30. The molecule has 30 heavy (non-hydrogen) atoms. The lowest BCUT2D eigenvalue weighted by Crippen LogP contribution is -2.23. The number of aromatic nitrogens is 2. The first-order valence-electron chi connectivity index (χ1n) is 10.7. The van der Waals surface area contributed by atoms with E-state index >= 15 is 0 Å². The van der Waals surface area contributed by atoms with Crippen LogP contribution in [0, 0.1) is 6.92 Å². The molecular formula is C24H28N4O2. The lowest BCUT2D eigenvalue weighted by atomic mass is 10.1. The molecule has 4 rings (SSSR count). The lowest BCUT2D eigenvalue weighted by molar-refractivity contribution is -0.116. The Labute approximate surface area is 177 Å². The Kier molecular flexibility index (Phi) is 6.42. The van der Waals surface area contributed by atoms with Crippen molar-refractivity contribution in [3.05, 3.63) is 60.0 Å². The Bertz CT molecular complexity index is 956. The Morgan fingerprint density at radius 2 is 1.70 bits per heavy atom. The molecule has 6 heteroatoms. The maximum absolute atomic E-state index is 12.3. The van der Waals surface area contributed by atoms with Gasteiger partial charge in [-0.05, 0) is 44.0 Å². The minimum absolute atomic E-state index is 0.0624. The van der Waals surface area contributed by atoms with Gasteiger partial charge in [0, 0.05) is 42.9 Å². The molecule has 0 aliphatic carbocycles. The lowest BCUT2D eigenvalue weighted by Gasteiger charge is -2.22. The highest BCUT2D eigenvalue weighted by atomic mass is 16.5. The minimum Gasteiger partial charge on any atom is -0.372 e. The topological polar surface area (TPSA) is 71.3 Å². The number of aryl methyl sites for hydroxylation is 2. The molecule has 0 spiro atoms. The van der Waals surface area contributed by atoms with Gasteiger partial charge in [-0.15, -0.1) is 0 Å². The number of anilines is 2. The molecule has 1 N–H and O–H groups in total. The van der Waals surface area contributed by atoms with E-state index in [9.17, 15) is 4.79 Å². The van der Waals surface area contributed by atoms with E-state index < -0.39 is 0 Å². The Balaban J connectivity index is 1.28. The van der Waals surface area contributed by atoms with Gasteiger partial charge in [0.2, 0.25) is 17.6 Å². The maximum Gasteiger partial charge on any atom is 0.227 e. The molecule has 1 fully saturated rings. The molecule has 156 valence electrons. The fraction of sp³-hybridized carbons (Fsp3) is 0.375. The molecule has 0 unspecified atom stereocenters. The van der Waals surface area contributed by atoms with Crippen molar-refractivity contribution >= 4 is 17.3 Å². The van der Waals surface area contributed by atoms with Crippen LogP contribution in [-0.2, 0) is 11.2 Å². The number of benzene rings is 2. The van der Waals surface area contributed by atoms with Gasteiger partial charge >= 0.3 is 0 Å². The van der Waals surface area contributed by atoms with Crippen LogP contribution in [0.15, 0.2) is 53.1 Å². The van der Waals surface area contributed by atoms with Gasteiger partial charge in [-0.3, -0.25) is 4.79 Å². The number of rotatable bonds is 6. The average molecular weight is 405 g/mol. The van der Waals surface area contributed by atoms with Crippen LogP contribution in [-0.4, -0.2) is 29.1 Å². The Morgan fingerprint density at radius 3 is 2.40 bits per heavy atom. The van der Waals surface area contributed by atoms with Gasteiger partial charge in [0.1, 0.15) is 0 Å². The third-order valence-corrected chi connectivity index (χ3v) is 5.47. The molecule has 0 atom stereocenters. The van der Waals surface area contributed by atoms with Gasteiger partial charge in [0.25, 0.3) is 0 Å². The number of carbonyl (C=O) groups is 1. The first kappa shape index (κ1) is 20.1. The van der Waals surface area contributed by atoms with Gasteiger partial charge in [0.05, 0.1) is 0 Å². The number of nitrogens with one attached hydrogen (secondary N) is 1. The highest BCUT2D eigenvalue weighted by Gasteiger charge is 2.12. The van der Waals surface area contributed by atoms with Crippen LogP contribution in [0.3, 0.4) is 0 Å². The van der Waals surface area contributed by atoms with E-state index in [1.54, 1.807) is 0 Å². The predicted molar refractivity (Wildman–Crippen MR) is 119 cm³/mol. The van der Waals surface area contributed by atoms with Crippen LogP contribution < -0.4 is 10.2 Å². The molecule has 2 aromatic carbocycles. The summed E-state index contributed by atoms with van der Waals surface area (Å²) in [6.07, 6.45) is 5.84. The molecule has 0 bridgehead atoms. The van der Waals surface area contributed by atoms with Crippen LogP contribution in [0.4, 0.5) is 11.4 Å². The number of amides is 1. The fourth-order valence-electron chi connectivity index (χ4n) is 3.70. The van der Waals surface area contributed by atoms with Gasteiger partial charge in [-0.25, -0.2) is 0 Å². The van der Waals surface area contributed by atoms with Crippen molar-refractivity contribution in [3.63, 3.8) is 0 Å². The van der Waals surface area contributed by atoms with Gasteiger partial charge < -0.3 is 14.7 Å². The molecule has 1 aromatic heterocycles. The average Bonchev–Trinajstić information content (AvgIpc) is 3.07. The third-order valence-electron chi connectivity index (χ3n) is 5.47. The summed E-state index contributed by atoms with van der Waals surface area (Å²) in [5.41, 5.74) is 4.12. The first-order chi connectivity index (χ1) is 14.7. The smallest absolute Gasteiger partial charge is 0.227 e. The SMILES string of the molecule is Cc1ccc(-c2noc(CCC(=O)Nc3ccc(N4CCCCCC4)cc3)n2)cc1. The second-order valence-corrected chi connectivity index (χ2v) is 7.87. The summed E-state index contributed by atoms with van der Waals surface area (Å²) in [4.78, 5) is 19.1. The number of hydrogen-bond acceptors (Lipinski definition) is 5. The normalized spacial score (nSPS) is 14.4. The van der Waals surface area contributed by atoms with E-state index in [4.69, 9.17) is 4.52 Å². The van der Waals surface area contributed by atoms with Crippen molar-refractivity contribution in [2.75, 3.05) is 23.3 Å². The van der Waals surface area contributed by atoms with Crippen molar-refractivity contribution < 1.29 is 9.32 Å². The standard InChI is InChI=1S/C24H28N4O2/c1-18-6-8-19(9-7-18)24-26-23(30-27-24)15-14-22(29)25-20-10-12-21(13-11-20)28-16-4-2-3-5-17-28/h6-13H,2-5,14-17H2,1H3,(H,25,29). The monoisotopic (exact) mass is 404 g/mol. The summed E-state index contributed by atoms with van der Waals surface area (Å²) in [6.45, 7) is 4.26. The van der Waals surface area contributed by atoms with Crippen LogP contribution in [0.1, 0.15) is 43.6 Å². The summed E-state index contributed by atoms with van der Waals surface area (Å²) >= 11 is 0. The second kappa shape index (κ2) is 9.57. The molecule has 2 heterocycles. The highest BCUT2D eigenvalue weighted by Crippen LogP contribution is 2.22. The van der Waals surface area contributed by atoms with Gasteiger partial charge in [0.15, 0.2) is 0 Å². The number of hydrogen-bond donors (Lipinski definition) is 1. The fourth-order valence-corrected chi connectivity index (χ4v) is 3.70. The van der Waals surface area contributed by atoms with Crippen molar-refractivity contribution in [2.45, 2.75) is 45.4 Å². The zero-order valence-electron chi connectivity index (χ0n) is 17.4. The van der Waals surface area contributed by atoms with Crippen molar-refractivity contribution in [1.82, 2.24) is 10.1 Å². The molecule has 0 radical (unpaired) electrons. The third kappa shape index (κ3) is 5.26. The largest absolute Gasteiger partial charge is 0.372 e. The van der Waals surface area contributed by atoms with E-state index in [0.29, 0.717) is 24.6 Å². The summed E-state index contributed by atoms with van der Waals surface area (Å²) in [6, 6.07) is 16.1. The van der Waals surface area contributed by atoms with Gasteiger partial charge in [-0.2, -0.15) is 4.98 Å². The van der Waals surface area contributed by atoms with Crippen LogP contribution in [0.2, 0.25) is 0 Å². The molecular weight excluding hydrogens is 376 g/mol. The predicted octanol–water partition coefficient (Wildman–Crippen LogP) is 5.00. The van der Waals surface area contributed by atoms with E-state index in [0.717, 1.165) is 24.3 Å². The molecule has 0 saturated carbocycles. The van der Waals surface area contributed by atoms with E-state index in [-0.39, 0.29) is 5.91 Å². The molecule has 3 aromatic rings. The Morgan fingerprint density at radius 1 is 1.00 bits per heavy atom. The zero-order valence-corrected chi connectivity index (χ0v) is 17.4. The van der Waals surface area contributed by atoms with Crippen molar-refractivity contribution in [1.29, 1.82) is 0 Å². The van der Waals surface area contributed by atoms with Crippen LogP contribution >= 0.6 is 0 Å². The maximum atomic E-state index is 12.3. The van der Waals surface area contributed by atoms with Crippen LogP contribution in [0.25, 0.3) is 11.4 Å². The van der Waals surface area contributed by atoms with E-state index in [1.165, 1.54) is 36.9 Å². The zero-order chi connectivity index (χ0) is 20.8. The number of nitrogens with zero attached hydrogens (tertiary/aromatic N) is 3. The van der Waals surface area contributed by atoms with Gasteiger partial charge in [-0.1, -0.05) is 47.8 Å². The molecule has 6 nitrogen and oxygen atoms in total. The summed E-state index contributed by atoms with van der Waals surface area (Å²) in [5.74, 6) is 0.958. The van der Waals surface area contributed by atoms with Crippen molar-refractivity contribution in [3.8, 4) is 11.4 Å². The Hall–Kier alpha value is -3.15. The number of carbonyl (C=O) groups excluding carboxylic acids is 1. The van der Waals surface area contributed by atoms with E-state index in [1.807, 2.05) is 43.3 Å². The highest BCUT2D eigenvalue weighted by molar-refractivity contribution is 5.90. The summed E-state index contributed by atoms with van der Waals surface area (Å²) in [7, 11) is 0. The molecule has 1 saturated heterocycles. The quantitative estimate of drug-likeness (QED) is 0.626. The first-order valence-corrected chi connectivity index (χ1v) is 10.7. The van der Waals surface area contributed by atoms with Crippen LogP contribution in [0.5, 0.6) is 0 Å². The molecule has 1 aliphatic heterocycles. The second-order valence-electron chi connectivity index (χ2n) is 7.87. The summed E-state index contributed by atoms with van der Waals surface area (Å²) in [5, 5.41) is 6.97. The molecule has 1 aliphatic rings. The van der Waals surface area contributed by atoms with E-state index in [2.05, 4.69) is 32.5 Å².